The quantitative estimate of drug-likeness (QED) is 0.282. The minimum Gasteiger partial charge on any atom is -0.481 e. The van der Waals surface area contributed by atoms with Crippen LogP contribution in [-0.2, 0) is 16.0 Å². The van der Waals surface area contributed by atoms with E-state index in [0.717, 1.165) is 37.7 Å². The number of aromatic nitrogens is 1. The molecule has 0 aliphatic carbocycles. The molecule has 3 unspecified atom stereocenters. The summed E-state index contributed by atoms with van der Waals surface area (Å²) in [7, 11) is 0. The number of nitrogens with one attached hydrogen (secondary N) is 1. The molecule has 202 valence electrons. The van der Waals surface area contributed by atoms with Gasteiger partial charge in [0, 0.05) is 24.4 Å². The molecule has 2 fully saturated rings. The summed E-state index contributed by atoms with van der Waals surface area (Å²) in [4.78, 5) is 28.3. The molecule has 1 aromatic heterocycles. The molecule has 4 atom stereocenters. The zero-order valence-corrected chi connectivity index (χ0v) is 21.7. The van der Waals surface area contributed by atoms with Crippen LogP contribution in [0.4, 0.5) is 4.39 Å². The van der Waals surface area contributed by atoms with Gasteiger partial charge in [0.25, 0.3) is 5.91 Å². The van der Waals surface area contributed by atoms with Crippen molar-refractivity contribution in [3.05, 3.63) is 53.0 Å². The molecule has 1 aromatic carbocycles. The number of amides is 1. The number of benzene rings is 1. The number of hydrogen-bond donors (Lipinski definition) is 2. The number of carbonyl (C=O) groups is 2. The van der Waals surface area contributed by atoms with Gasteiger partial charge >= 0.3 is 5.97 Å². The van der Waals surface area contributed by atoms with Crippen LogP contribution in [0.2, 0.25) is 0 Å². The van der Waals surface area contributed by atoms with E-state index in [9.17, 15) is 9.59 Å². The van der Waals surface area contributed by atoms with E-state index in [1.807, 2.05) is 0 Å². The van der Waals surface area contributed by atoms with Gasteiger partial charge in [0.15, 0.2) is 5.69 Å². The molecule has 3 heterocycles. The first-order valence-corrected chi connectivity index (χ1v) is 13.9. The lowest BCUT2D eigenvalue weighted by atomic mass is 9.76. The number of oxazole rings is 1. The van der Waals surface area contributed by atoms with Crippen molar-refractivity contribution < 1.29 is 28.2 Å². The lowest BCUT2D eigenvalue weighted by Crippen LogP contribution is -2.27. The summed E-state index contributed by atoms with van der Waals surface area (Å²) in [6.07, 6.45) is 12.6. The van der Waals surface area contributed by atoms with Crippen LogP contribution in [-0.4, -0.2) is 40.7 Å². The van der Waals surface area contributed by atoms with Crippen LogP contribution in [0.1, 0.15) is 111 Å². The van der Waals surface area contributed by atoms with E-state index in [2.05, 4.69) is 17.2 Å². The zero-order valence-electron chi connectivity index (χ0n) is 21.7. The lowest BCUT2D eigenvalue weighted by Gasteiger charge is -2.27. The maximum atomic E-state index is 15.2. The molecule has 0 radical (unpaired) electrons. The number of halogens is 1. The number of nitrogens with zero attached hydrogens (tertiary/aromatic N) is 1. The van der Waals surface area contributed by atoms with Crippen LogP contribution >= 0.6 is 0 Å². The van der Waals surface area contributed by atoms with Gasteiger partial charge in [-0.2, -0.15) is 0 Å². The Hall–Kier alpha value is -2.74. The summed E-state index contributed by atoms with van der Waals surface area (Å²) in [5.74, 6) is -1.81. The molecule has 0 spiro atoms. The first-order valence-electron chi connectivity index (χ1n) is 13.9. The molecule has 8 heteroatoms. The minimum atomic E-state index is -0.899. The molecule has 2 aliphatic rings. The highest BCUT2D eigenvalue weighted by atomic mass is 19.1. The van der Waals surface area contributed by atoms with Gasteiger partial charge in [0.1, 0.15) is 12.1 Å². The van der Waals surface area contributed by atoms with E-state index in [-0.39, 0.29) is 36.1 Å². The molecule has 7 nitrogen and oxygen atoms in total. The third kappa shape index (κ3) is 7.18. The SMILES string of the molecule is CCCCCCCCCNC(=O)c1coc(C(c2cc(CCC(=O)O)ccc2F)[C@H]2CC3CCC2O3)n1. The molecule has 0 saturated carbocycles. The highest BCUT2D eigenvalue weighted by Crippen LogP contribution is 2.48. The number of carboxylic acids is 1. The topological polar surface area (TPSA) is 102 Å². The first-order chi connectivity index (χ1) is 18.0. The number of unbranched alkanes of at least 4 members (excludes halogenated alkanes) is 6. The zero-order chi connectivity index (χ0) is 26.2. The Labute approximate surface area is 218 Å². The van der Waals surface area contributed by atoms with E-state index < -0.39 is 17.7 Å². The number of aryl methyl sites for hydroxylation is 1. The molecule has 1 amide bonds. The molecular formula is C29H39FN2O5. The predicted octanol–water partition coefficient (Wildman–Crippen LogP) is 6.01. The number of rotatable bonds is 15. The second kappa shape index (κ2) is 13.2. The molecule has 2 aromatic rings. The van der Waals surface area contributed by atoms with Crippen molar-refractivity contribution in [3.63, 3.8) is 0 Å². The average molecular weight is 515 g/mol. The van der Waals surface area contributed by atoms with Crippen LogP contribution < -0.4 is 5.32 Å². The summed E-state index contributed by atoms with van der Waals surface area (Å²) in [6.45, 7) is 2.79. The Bertz CT molecular complexity index is 1050. The van der Waals surface area contributed by atoms with Gasteiger partial charge in [-0.15, -0.1) is 0 Å². The molecule has 4 rings (SSSR count). The second-order valence-corrected chi connectivity index (χ2v) is 10.4. The van der Waals surface area contributed by atoms with E-state index >= 15 is 4.39 Å². The number of carbonyl (C=O) groups excluding carboxylic acids is 1. The fourth-order valence-corrected chi connectivity index (χ4v) is 5.72. The molecule has 2 saturated heterocycles. The van der Waals surface area contributed by atoms with Crippen LogP contribution in [0.3, 0.4) is 0 Å². The minimum absolute atomic E-state index is 0.0152. The summed E-state index contributed by atoms with van der Waals surface area (Å²) >= 11 is 0. The maximum absolute atomic E-state index is 15.2. The van der Waals surface area contributed by atoms with Crippen LogP contribution in [0.15, 0.2) is 28.9 Å². The number of carboxylic acid groups (broad SMARTS) is 1. The summed E-state index contributed by atoms with van der Waals surface area (Å²) in [6, 6.07) is 4.72. The monoisotopic (exact) mass is 514 g/mol. The summed E-state index contributed by atoms with van der Waals surface area (Å²) in [5, 5.41) is 12.0. The second-order valence-electron chi connectivity index (χ2n) is 10.4. The fraction of sp³-hybridized carbons (Fsp3) is 0.621. The van der Waals surface area contributed by atoms with Gasteiger partial charge in [-0.25, -0.2) is 9.37 Å². The largest absolute Gasteiger partial charge is 0.481 e. The van der Waals surface area contributed by atoms with E-state index in [1.165, 1.54) is 44.4 Å². The van der Waals surface area contributed by atoms with Crippen LogP contribution in [0.5, 0.6) is 0 Å². The first kappa shape index (κ1) is 27.3. The van der Waals surface area contributed by atoms with Gasteiger partial charge < -0.3 is 19.6 Å². The number of aliphatic carboxylic acids is 1. The van der Waals surface area contributed by atoms with Crippen molar-refractivity contribution in [1.82, 2.24) is 10.3 Å². The highest BCUT2D eigenvalue weighted by molar-refractivity contribution is 5.91. The third-order valence-electron chi connectivity index (χ3n) is 7.69. The maximum Gasteiger partial charge on any atom is 0.303 e. The van der Waals surface area contributed by atoms with Crippen LogP contribution in [0, 0.1) is 11.7 Å². The number of fused-ring (bicyclic) bond motifs is 2. The smallest absolute Gasteiger partial charge is 0.303 e. The fourth-order valence-electron chi connectivity index (χ4n) is 5.72. The third-order valence-corrected chi connectivity index (χ3v) is 7.69. The van der Waals surface area contributed by atoms with Crippen molar-refractivity contribution in [2.45, 2.75) is 102 Å². The van der Waals surface area contributed by atoms with Crippen molar-refractivity contribution in [2.24, 2.45) is 5.92 Å². The Kier molecular flexibility index (Phi) is 9.72. The molecule has 2 aliphatic heterocycles. The van der Waals surface area contributed by atoms with E-state index in [4.69, 9.17) is 14.3 Å². The van der Waals surface area contributed by atoms with Crippen molar-refractivity contribution in [2.75, 3.05) is 6.54 Å². The van der Waals surface area contributed by atoms with Crippen molar-refractivity contribution in [1.29, 1.82) is 0 Å². The number of ether oxygens (including phenoxy) is 1. The summed E-state index contributed by atoms with van der Waals surface area (Å²) < 4.78 is 27.1. The van der Waals surface area contributed by atoms with Gasteiger partial charge in [-0.3, -0.25) is 9.59 Å². The standard InChI is InChI=1S/C29H39FN2O5/c1-2-3-4-5-6-7-8-15-31-28(35)24-18-36-29(32-24)27(22-17-20-11-13-25(22)37-20)21-16-19(9-12-23(21)30)10-14-26(33)34/h9,12,16,18,20,22,25,27H,2-8,10-11,13-15,17H2,1H3,(H,31,35)(H,33,34)/t20?,22-,25?,27?/m0/s1. The van der Waals surface area contributed by atoms with Gasteiger partial charge in [-0.05, 0) is 43.7 Å². The van der Waals surface area contributed by atoms with Crippen molar-refractivity contribution in [3.8, 4) is 0 Å². The molecule has 37 heavy (non-hydrogen) atoms. The van der Waals surface area contributed by atoms with Crippen LogP contribution in [0.25, 0.3) is 0 Å². The normalized spacial score (nSPS) is 21.3. The summed E-state index contributed by atoms with van der Waals surface area (Å²) in [5.41, 5.74) is 1.35. The Balaban J connectivity index is 1.45. The molecule has 2 N–H and O–H groups in total. The predicted molar refractivity (Wildman–Crippen MR) is 137 cm³/mol. The van der Waals surface area contributed by atoms with E-state index in [1.54, 1.807) is 12.1 Å². The van der Waals surface area contributed by atoms with Crippen molar-refractivity contribution >= 4 is 11.9 Å². The average Bonchev–Trinajstić information content (AvgIpc) is 3.64. The molecular weight excluding hydrogens is 475 g/mol. The Morgan fingerprint density at radius 3 is 2.65 bits per heavy atom. The Morgan fingerprint density at radius 2 is 1.95 bits per heavy atom. The lowest BCUT2D eigenvalue weighted by molar-refractivity contribution is -0.136. The number of hydrogen-bond acceptors (Lipinski definition) is 5. The van der Waals surface area contributed by atoms with E-state index in [0.29, 0.717) is 24.4 Å². The highest BCUT2D eigenvalue weighted by Gasteiger charge is 2.47. The van der Waals surface area contributed by atoms with Gasteiger partial charge in [0.05, 0.1) is 18.1 Å². The molecule has 2 bridgehead atoms. The Morgan fingerprint density at radius 1 is 1.16 bits per heavy atom. The van der Waals surface area contributed by atoms with Gasteiger partial charge in [0.2, 0.25) is 5.89 Å². The van der Waals surface area contributed by atoms with Gasteiger partial charge in [-0.1, -0.05) is 57.6 Å².